The number of hydrogen-bond acceptors (Lipinski definition) is 7. The summed E-state index contributed by atoms with van der Waals surface area (Å²) in [6.07, 6.45) is 5.59. The molecule has 3 fully saturated rings. The largest absolute Gasteiger partial charge is 0.465 e. The second kappa shape index (κ2) is 15.3. The fourth-order valence-corrected chi connectivity index (χ4v) is 9.76. The van der Waals surface area contributed by atoms with Gasteiger partial charge in [0.2, 0.25) is 15.7 Å². The first-order valence-electron chi connectivity index (χ1n) is 17.6. The smallest absolute Gasteiger partial charge is 0.404 e. The van der Waals surface area contributed by atoms with Crippen molar-refractivity contribution in [1.29, 1.82) is 5.26 Å². The number of nitrogens with zero attached hydrogens (tertiary/aromatic N) is 3. The minimum Gasteiger partial charge on any atom is -0.465 e. The summed E-state index contributed by atoms with van der Waals surface area (Å²) >= 11 is 0. The number of rotatable bonds is 11. The molecule has 3 N–H and O–H groups in total. The number of halogens is 1. The molecule has 1 saturated carbocycles. The van der Waals surface area contributed by atoms with Gasteiger partial charge in [-0.05, 0) is 118 Å². The Morgan fingerprint density at radius 2 is 1.73 bits per heavy atom. The maximum atomic E-state index is 14.5. The number of allylic oxidation sites excluding steroid dienone is 1. The van der Waals surface area contributed by atoms with Crippen molar-refractivity contribution in [2.45, 2.75) is 60.3 Å². The Morgan fingerprint density at radius 1 is 1.00 bits per heavy atom. The first kappa shape index (κ1) is 36.1. The quantitative estimate of drug-likeness (QED) is 0.199. The zero-order valence-corrected chi connectivity index (χ0v) is 29.5. The Balaban J connectivity index is 1.06. The van der Waals surface area contributed by atoms with E-state index < -0.39 is 27.2 Å². The van der Waals surface area contributed by atoms with E-state index in [1.54, 1.807) is 43.3 Å². The van der Waals surface area contributed by atoms with Gasteiger partial charge in [-0.1, -0.05) is 30.7 Å². The van der Waals surface area contributed by atoms with Gasteiger partial charge < -0.3 is 25.5 Å². The van der Waals surface area contributed by atoms with Gasteiger partial charge in [-0.2, -0.15) is 5.26 Å². The molecule has 3 aromatic carbocycles. The van der Waals surface area contributed by atoms with Crippen LogP contribution in [0.25, 0.3) is 0 Å². The lowest BCUT2D eigenvalue weighted by atomic mass is 9.59. The molecule has 3 aromatic rings. The van der Waals surface area contributed by atoms with E-state index in [2.05, 4.69) is 26.5 Å². The Labute approximate surface area is 298 Å². The van der Waals surface area contributed by atoms with Crippen molar-refractivity contribution in [3.63, 3.8) is 0 Å². The highest BCUT2D eigenvalue weighted by molar-refractivity contribution is 7.91. The minimum absolute atomic E-state index is 0.0335. The maximum absolute atomic E-state index is 14.5. The number of carbonyl (C=O) groups excluding carboxylic acids is 1. The third kappa shape index (κ3) is 7.65. The standard InChI is InChI=1S/C39H44FN5O5S/c1-2-6-37(46)42-31-9-4-10-34(22-31)51(49,50)33-15-13-32(14-16-33)45-24-27(25-45)23-44-19-17-28(18-20-44)39(26-41,29-7-3-8-30(40)21-29)35-11-5-12-36(35)43-38(47)48/h2-4,6-10,13-16,21-22,27-28,35-36,43H,5,11-12,17-20,23-25H2,1H3,(H,42,46)(H,47,48)/b6-2+/t35-,36-,39-/m0/s1. The Bertz CT molecular complexity index is 1920. The number of nitriles is 1. The third-order valence-electron chi connectivity index (χ3n) is 10.8. The summed E-state index contributed by atoms with van der Waals surface area (Å²) in [4.78, 5) is 28.5. The van der Waals surface area contributed by atoms with Gasteiger partial charge in [-0.25, -0.2) is 17.6 Å². The first-order chi connectivity index (χ1) is 24.5. The van der Waals surface area contributed by atoms with Gasteiger partial charge in [0.1, 0.15) is 5.82 Å². The van der Waals surface area contributed by atoms with E-state index in [0.717, 1.165) is 57.7 Å². The fraction of sp³-hybridized carbons (Fsp3) is 0.410. The second-order valence-corrected chi connectivity index (χ2v) is 15.9. The van der Waals surface area contributed by atoms with E-state index in [9.17, 15) is 32.8 Å². The Morgan fingerprint density at radius 3 is 2.39 bits per heavy atom. The highest BCUT2D eigenvalue weighted by Gasteiger charge is 2.52. The van der Waals surface area contributed by atoms with E-state index in [0.29, 0.717) is 30.0 Å². The zero-order valence-electron chi connectivity index (χ0n) is 28.7. The molecule has 2 heterocycles. The number of hydrogen-bond donors (Lipinski definition) is 3. The van der Waals surface area contributed by atoms with Gasteiger partial charge >= 0.3 is 6.09 Å². The summed E-state index contributed by atoms with van der Waals surface area (Å²) in [5.41, 5.74) is 1.00. The number of piperidine rings is 1. The van der Waals surface area contributed by atoms with Crippen LogP contribution in [0.1, 0.15) is 44.6 Å². The zero-order chi connectivity index (χ0) is 36.2. The van der Waals surface area contributed by atoms with Crippen molar-refractivity contribution in [2.24, 2.45) is 17.8 Å². The van der Waals surface area contributed by atoms with Crippen molar-refractivity contribution in [1.82, 2.24) is 10.2 Å². The van der Waals surface area contributed by atoms with Crippen LogP contribution in [0, 0.1) is 34.9 Å². The van der Waals surface area contributed by atoms with Crippen molar-refractivity contribution in [2.75, 3.05) is 42.9 Å². The molecule has 0 radical (unpaired) electrons. The summed E-state index contributed by atoms with van der Waals surface area (Å²) in [7, 11) is -3.78. The highest BCUT2D eigenvalue weighted by Crippen LogP contribution is 2.50. The number of anilines is 2. The normalized spacial score (nSPS) is 21.5. The van der Waals surface area contributed by atoms with Gasteiger partial charge in [0.05, 0.1) is 21.3 Å². The molecule has 2 saturated heterocycles. The molecule has 1 aliphatic carbocycles. The van der Waals surface area contributed by atoms with Crippen molar-refractivity contribution < 1.29 is 27.5 Å². The van der Waals surface area contributed by atoms with Gasteiger partial charge in [-0.15, -0.1) is 0 Å². The van der Waals surface area contributed by atoms with Gasteiger partial charge in [-0.3, -0.25) is 4.79 Å². The Kier molecular flexibility index (Phi) is 10.8. The highest BCUT2D eigenvalue weighted by atomic mass is 32.2. The van der Waals surface area contributed by atoms with Gasteiger partial charge in [0, 0.05) is 48.9 Å². The van der Waals surface area contributed by atoms with E-state index in [1.807, 2.05) is 18.2 Å². The van der Waals surface area contributed by atoms with Crippen molar-refractivity contribution in [3.8, 4) is 6.07 Å². The van der Waals surface area contributed by atoms with Crippen LogP contribution < -0.4 is 15.5 Å². The van der Waals surface area contributed by atoms with Crippen molar-refractivity contribution in [3.05, 3.63) is 96.3 Å². The predicted octanol–water partition coefficient (Wildman–Crippen LogP) is 6.22. The maximum Gasteiger partial charge on any atom is 0.404 e. The van der Waals surface area contributed by atoms with Crippen LogP contribution in [0.2, 0.25) is 0 Å². The predicted molar refractivity (Wildman–Crippen MR) is 193 cm³/mol. The Hall–Kier alpha value is -4.73. The summed E-state index contributed by atoms with van der Waals surface area (Å²) in [6, 6.07) is 21.7. The second-order valence-electron chi connectivity index (χ2n) is 13.9. The summed E-state index contributed by atoms with van der Waals surface area (Å²) in [5, 5.41) is 25.7. The first-order valence-corrected chi connectivity index (χ1v) is 19.0. The SMILES string of the molecule is C/C=C/C(=O)Nc1cccc(S(=O)(=O)c2ccc(N3CC(CN4CCC([C@@](C#N)(c5cccc(F)c5)[C@H]5CCC[C@@H]5NC(=O)O)CC4)C3)cc2)c1. The summed E-state index contributed by atoms with van der Waals surface area (Å²) in [5.74, 6) is -0.560. The van der Waals surface area contributed by atoms with Crippen LogP contribution in [0.4, 0.5) is 20.6 Å². The molecule has 6 rings (SSSR count). The van der Waals surface area contributed by atoms with Crippen molar-refractivity contribution >= 4 is 33.2 Å². The molecule has 2 aliphatic heterocycles. The van der Waals surface area contributed by atoms with Crippen LogP contribution in [0.5, 0.6) is 0 Å². The number of benzene rings is 3. The lowest BCUT2D eigenvalue weighted by Crippen LogP contribution is -2.55. The number of likely N-dealkylation sites (tertiary alicyclic amines) is 1. The van der Waals surface area contributed by atoms with E-state index >= 15 is 0 Å². The molecule has 0 spiro atoms. The number of carbonyl (C=O) groups is 2. The average molecular weight is 714 g/mol. The molecule has 12 heteroatoms. The van der Waals surface area contributed by atoms with Crippen LogP contribution in [0.3, 0.4) is 0 Å². The monoisotopic (exact) mass is 713 g/mol. The number of nitrogens with one attached hydrogen (secondary N) is 2. The fourth-order valence-electron chi connectivity index (χ4n) is 8.45. The number of carboxylic acid groups (broad SMARTS) is 1. The number of amides is 2. The van der Waals surface area contributed by atoms with Crippen LogP contribution in [0.15, 0.2) is 94.7 Å². The average Bonchev–Trinajstić information content (AvgIpc) is 3.55. The van der Waals surface area contributed by atoms with E-state index in [-0.39, 0.29) is 33.6 Å². The van der Waals surface area contributed by atoms with Crippen LogP contribution in [-0.4, -0.2) is 69.2 Å². The summed E-state index contributed by atoms with van der Waals surface area (Å²) < 4.78 is 41.3. The minimum atomic E-state index is -3.78. The molecule has 51 heavy (non-hydrogen) atoms. The molecule has 2 amide bonds. The van der Waals surface area contributed by atoms with Crippen LogP contribution in [-0.2, 0) is 20.0 Å². The third-order valence-corrected chi connectivity index (χ3v) is 12.6. The van der Waals surface area contributed by atoms with Crippen LogP contribution >= 0.6 is 0 Å². The lowest BCUT2D eigenvalue weighted by molar-refractivity contribution is -0.111. The van der Waals surface area contributed by atoms with E-state index in [4.69, 9.17) is 0 Å². The number of sulfone groups is 1. The summed E-state index contributed by atoms with van der Waals surface area (Å²) in [6.45, 7) is 5.92. The van der Waals surface area contributed by atoms with Gasteiger partial charge in [0.15, 0.2) is 0 Å². The van der Waals surface area contributed by atoms with E-state index in [1.165, 1.54) is 30.3 Å². The molecule has 3 aliphatic rings. The molecule has 268 valence electrons. The topological polar surface area (TPSA) is 143 Å². The molecule has 0 aromatic heterocycles. The molecule has 0 unspecified atom stereocenters. The van der Waals surface area contributed by atoms with Gasteiger partial charge in [0.25, 0.3) is 0 Å². The molecule has 0 bridgehead atoms. The molecular weight excluding hydrogens is 670 g/mol. The lowest BCUT2D eigenvalue weighted by Gasteiger charge is -2.48. The molecular formula is C39H44FN5O5S. The molecule has 10 nitrogen and oxygen atoms in total. The molecule has 3 atom stereocenters.